The van der Waals surface area contributed by atoms with Crippen LogP contribution in [0, 0.1) is 5.41 Å². The first-order valence-electron chi connectivity index (χ1n) is 4.43. The van der Waals surface area contributed by atoms with Gasteiger partial charge in [-0.15, -0.1) is 0 Å². The summed E-state index contributed by atoms with van der Waals surface area (Å²) in [5.74, 6) is 0. The van der Waals surface area contributed by atoms with Crippen LogP contribution in [0.4, 0.5) is 0 Å². The maximum Gasteiger partial charge on any atom is 0.0591 e. The van der Waals surface area contributed by atoms with Gasteiger partial charge in [0.1, 0.15) is 0 Å². The number of aliphatic hydroxyl groups is 1. The Kier molecular flexibility index (Phi) is 3.56. The smallest absolute Gasteiger partial charge is 0.0591 e. The van der Waals surface area contributed by atoms with Crippen molar-refractivity contribution in [2.75, 3.05) is 0 Å². The van der Waals surface area contributed by atoms with Crippen LogP contribution >= 0.6 is 0 Å². The lowest BCUT2D eigenvalue weighted by atomic mass is 9.87. The van der Waals surface area contributed by atoms with Gasteiger partial charge in [0.25, 0.3) is 0 Å². The average Bonchev–Trinajstić information content (AvgIpc) is 1.55. The van der Waals surface area contributed by atoms with Gasteiger partial charge in [0.15, 0.2) is 0 Å². The van der Waals surface area contributed by atoms with Gasteiger partial charge in [-0.1, -0.05) is 27.2 Å². The second-order valence-corrected chi connectivity index (χ2v) is 5.23. The first kappa shape index (κ1) is 11.0. The second-order valence-electron chi connectivity index (χ2n) is 5.23. The molecule has 0 aliphatic carbocycles. The van der Waals surface area contributed by atoms with Crippen molar-refractivity contribution in [1.29, 1.82) is 0 Å². The maximum atomic E-state index is 9.41. The molecule has 0 heterocycles. The molecule has 0 aromatic heterocycles. The van der Waals surface area contributed by atoms with Crippen LogP contribution in [-0.4, -0.2) is 10.7 Å². The van der Waals surface area contributed by atoms with E-state index in [4.69, 9.17) is 0 Å². The molecule has 1 N–H and O–H groups in total. The zero-order valence-corrected chi connectivity index (χ0v) is 8.57. The third-order valence-corrected chi connectivity index (χ3v) is 1.72. The summed E-state index contributed by atoms with van der Waals surface area (Å²) in [6, 6.07) is 0. The third kappa shape index (κ3) is 9.96. The first-order chi connectivity index (χ1) is 4.71. The lowest BCUT2D eigenvalue weighted by Gasteiger charge is -2.21. The van der Waals surface area contributed by atoms with E-state index in [2.05, 4.69) is 20.8 Å². The molecule has 0 bridgehead atoms. The SMILES string of the molecule is CC(C)(C)CCCC(C)(C)O. The Morgan fingerprint density at radius 2 is 1.36 bits per heavy atom. The van der Waals surface area contributed by atoms with Crippen molar-refractivity contribution in [2.45, 2.75) is 59.5 Å². The van der Waals surface area contributed by atoms with E-state index in [9.17, 15) is 5.11 Å². The van der Waals surface area contributed by atoms with Crippen LogP contribution in [0.1, 0.15) is 53.9 Å². The van der Waals surface area contributed by atoms with Crippen molar-refractivity contribution >= 4 is 0 Å². The Bertz CT molecular complexity index is 89.0. The van der Waals surface area contributed by atoms with Gasteiger partial charge in [-0.2, -0.15) is 0 Å². The summed E-state index contributed by atoms with van der Waals surface area (Å²) in [5, 5.41) is 9.41. The van der Waals surface area contributed by atoms with E-state index in [1.165, 1.54) is 6.42 Å². The zero-order valence-electron chi connectivity index (χ0n) is 8.57. The highest BCUT2D eigenvalue weighted by molar-refractivity contribution is 4.68. The van der Waals surface area contributed by atoms with Crippen LogP contribution < -0.4 is 0 Å². The molecule has 0 fully saturated rings. The van der Waals surface area contributed by atoms with Crippen molar-refractivity contribution in [3.05, 3.63) is 0 Å². The van der Waals surface area contributed by atoms with Crippen LogP contribution in [0.5, 0.6) is 0 Å². The fourth-order valence-electron chi connectivity index (χ4n) is 1.05. The molecular weight excluding hydrogens is 136 g/mol. The van der Waals surface area contributed by atoms with Gasteiger partial charge >= 0.3 is 0 Å². The van der Waals surface area contributed by atoms with Gasteiger partial charge in [0, 0.05) is 0 Å². The molecule has 68 valence electrons. The van der Waals surface area contributed by atoms with Crippen molar-refractivity contribution in [1.82, 2.24) is 0 Å². The summed E-state index contributed by atoms with van der Waals surface area (Å²) in [7, 11) is 0. The summed E-state index contributed by atoms with van der Waals surface area (Å²) in [6.07, 6.45) is 3.22. The Hall–Kier alpha value is -0.0400. The van der Waals surface area contributed by atoms with Gasteiger partial charge < -0.3 is 5.11 Å². The summed E-state index contributed by atoms with van der Waals surface area (Å²) in [5.41, 5.74) is -0.0729. The summed E-state index contributed by atoms with van der Waals surface area (Å²) < 4.78 is 0. The molecule has 0 aromatic rings. The molecule has 0 aromatic carbocycles. The van der Waals surface area contributed by atoms with Gasteiger partial charge in [-0.25, -0.2) is 0 Å². The number of rotatable bonds is 3. The molecule has 0 saturated heterocycles. The molecule has 0 atom stereocenters. The number of hydrogen-bond acceptors (Lipinski definition) is 1. The zero-order chi connectivity index (χ0) is 9.12. The molecule has 0 saturated carbocycles. The predicted molar refractivity (Wildman–Crippen MR) is 49.6 cm³/mol. The van der Waals surface area contributed by atoms with Crippen molar-refractivity contribution in [3.63, 3.8) is 0 Å². The van der Waals surface area contributed by atoms with Crippen LogP contribution in [-0.2, 0) is 0 Å². The largest absolute Gasteiger partial charge is 0.390 e. The average molecular weight is 158 g/mol. The number of hydrogen-bond donors (Lipinski definition) is 1. The van der Waals surface area contributed by atoms with Crippen molar-refractivity contribution < 1.29 is 5.11 Å². The van der Waals surface area contributed by atoms with Gasteiger partial charge in [0.05, 0.1) is 5.60 Å². The highest BCUT2D eigenvalue weighted by Gasteiger charge is 2.15. The lowest BCUT2D eigenvalue weighted by Crippen LogP contribution is -2.19. The normalized spacial score (nSPS) is 13.6. The van der Waals surface area contributed by atoms with E-state index in [1.807, 2.05) is 13.8 Å². The van der Waals surface area contributed by atoms with E-state index in [0.29, 0.717) is 5.41 Å². The Labute approximate surface area is 70.8 Å². The Balaban J connectivity index is 3.44. The van der Waals surface area contributed by atoms with Crippen LogP contribution in [0.2, 0.25) is 0 Å². The lowest BCUT2D eigenvalue weighted by molar-refractivity contribution is 0.0653. The second kappa shape index (κ2) is 3.57. The van der Waals surface area contributed by atoms with Gasteiger partial charge in [-0.3, -0.25) is 0 Å². The van der Waals surface area contributed by atoms with Crippen LogP contribution in [0.15, 0.2) is 0 Å². The Morgan fingerprint density at radius 3 is 1.64 bits per heavy atom. The van der Waals surface area contributed by atoms with Crippen LogP contribution in [0.25, 0.3) is 0 Å². The third-order valence-electron chi connectivity index (χ3n) is 1.72. The van der Waals surface area contributed by atoms with Crippen molar-refractivity contribution in [3.8, 4) is 0 Å². The van der Waals surface area contributed by atoms with Crippen LogP contribution in [0.3, 0.4) is 0 Å². The molecular formula is C10H22O. The van der Waals surface area contributed by atoms with Gasteiger partial charge in [0.2, 0.25) is 0 Å². The molecule has 1 nitrogen and oxygen atoms in total. The van der Waals surface area contributed by atoms with Crippen molar-refractivity contribution in [2.24, 2.45) is 5.41 Å². The molecule has 0 aliphatic heterocycles. The van der Waals surface area contributed by atoms with E-state index in [1.54, 1.807) is 0 Å². The fourth-order valence-corrected chi connectivity index (χ4v) is 1.05. The standard InChI is InChI=1S/C10H22O/c1-9(2,3)7-6-8-10(4,5)11/h11H,6-8H2,1-5H3. The van der Waals surface area contributed by atoms with E-state index in [-0.39, 0.29) is 0 Å². The molecule has 0 aliphatic rings. The molecule has 0 amide bonds. The summed E-state index contributed by atoms with van der Waals surface area (Å²) in [4.78, 5) is 0. The highest BCUT2D eigenvalue weighted by atomic mass is 16.3. The van der Waals surface area contributed by atoms with Gasteiger partial charge in [-0.05, 0) is 32.1 Å². The molecule has 0 radical (unpaired) electrons. The Morgan fingerprint density at radius 1 is 0.909 bits per heavy atom. The minimum atomic E-state index is -0.481. The van der Waals surface area contributed by atoms with E-state index in [0.717, 1.165) is 12.8 Å². The minimum absolute atomic E-state index is 0.408. The topological polar surface area (TPSA) is 20.2 Å². The first-order valence-corrected chi connectivity index (χ1v) is 4.43. The molecule has 0 unspecified atom stereocenters. The molecule has 11 heavy (non-hydrogen) atoms. The summed E-state index contributed by atoms with van der Waals surface area (Å²) >= 11 is 0. The molecule has 1 heteroatoms. The monoisotopic (exact) mass is 158 g/mol. The summed E-state index contributed by atoms with van der Waals surface area (Å²) in [6.45, 7) is 10.4. The predicted octanol–water partition coefficient (Wildman–Crippen LogP) is 2.97. The van der Waals surface area contributed by atoms with E-state index >= 15 is 0 Å². The highest BCUT2D eigenvalue weighted by Crippen LogP contribution is 2.24. The minimum Gasteiger partial charge on any atom is -0.390 e. The quantitative estimate of drug-likeness (QED) is 0.669. The van der Waals surface area contributed by atoms with E-state index < -0.39 is 5.60 Å². The maximum absolute atomic E-state index is 9.41. The molecule has 0 spiro atoms. The fraction of sp³-hybridized carbons (Fsp3) is 1.00. The molecule has 0 rings (SSSR count).